The smallest absolute Gasteiger partial charge is 0.390 e. The van der Waals surface area contributed by atoms with Crippen molar-refractivity contribution in [3.05, 3.63) is 30.3 Å². The molecule has 1 saturated heterocycles. The van der Waals surface area contributed by atoms with Gasteiger partial charge in [-0.05, 0) is 31.4 Å². The highest BCUT2D eigenvalue weighted by molar-refractivity contribution is 7.89. The molecule has 1 heterocycles. The van der Waals surface area contributed by atoms with Gasteiger partial charge in [0.05, 0.1) is 11.0 Å². The van der Waals surface area contributed by atoms with E-state index in [9.17, 15) is 26.7 Å². The molecule has 0 saturated carbocycles. The van der Waals surface area contributed by atoms with Crippen LogP contribution >= 0.6 is 0 Å². The van der Waals surface area contributed by atoms with Crippen LogP contribution in [-0.2, 0) is 10.0 Å². The Kier molecular flexibility index (Phi) is 6.13. The minimum Gasteiger partial charge on any atom is -0.390 e. The minimum absolute atomic E-state index is 0.00238. The van der Waals surface area contributed by atoms with Gasteiger partial charge in [0.15, 0.2) is 0 Å². The van der Waals surface area contributed by atoms with E-state index in [-0.39, 0.29) is 12.6 Å². The van der Waals surface area contributed by atoms with Crippen LogP contribution in [0.15, 0.2) is 35.2 Å². The van der Waals surface area contributed by atoms with Crippen molar-refractivity contribution in [2.24, 2.45) is 5.92 Å². The summed E-state index contributed by atoms with van der Waals surface area (Å²) in [5.41, 5.74) is 0. The van der Waals surface area contributed by atoms with E-state index in [1.54, 1.807) is 0 Å². The monoisotopic (exact) mass is 380 g/mol. The molecule has 142 valence electrons. The van der Waals surface area contributed by atoms with Crippen LogP contribution in [0.3, 0.4) is 0 Å². The molecule has 1 N–H and O–H groups in total. The van der Waals surface area contributed by atoms with Gasteiger partial charge in [-0.1, -0.05) is 25.1 Å². The molecule has 2 unspecified atom stereocenters. The van der Waals surface area contributed by atoms with Crippen molar-refractivity contribution < 1.29 is 26.7 Å². The Morgan fingerprint density at radius 3 is 2.36 bits per heavy atom. The first-order valence-electron chi connectivity index (χ1n) is 8.08. The Morgan fingerprint density at radius 1 is 1.28 bits per heavy atom. The zero-order valence-corrected chi connectivity index (χ0v) is 15.0. The first-order valence-corrected chi connectivity index (χ1v) is 9.52. The fraction of sp³-hybridized carbons (Fsp3) is 0.625. The zero-order chi connectivity index (χ0) is 18.8. The second-order valence-corrected chi connectivity index (χ2v) is 8.48. The summed E-state index contributed by atoms with van der Waals surface area (Å²) >= 11 is 0. The number of likely N-dealkylation sites (tertiary alicyclic amines) is 1. The van der Waals surface area contributed by atoms with Gasteiger partial charge < -0.3 is 5.11 Å². The van der Waals surface area contributed by atoms with Gasteiger partial charge in [-0.15, -0.1) is 4.31 Å². The number of aliphatic hydroxyl groups excluding tert-OH is 1. The van der Waals surface area contributed by atoms with E-state index in [0.29, 0.717) is 12.5 Å². The van der Waals surface area contributed by atoms with Crippen molar-refractivity contribution in [2.75, 3.05) is 19.6 Å². The van der Waals surface area contributed by atoms with E-state index in [1.807, 2.05) is 18.7 Å². The molecular formula is C16H23F3N2O3S. The summed E-state index contributed by atoms with van der Waals surface area (Å²) in [5.74, 6) is 0.397. The summed E-state index contributed by atoms with van der Waals surface area (Å²) in [4.78, 5) is 1.43. The molecule has 9 heteroatoms. The predicted octanol–water partition coefficient (Wildman–Crippen LogP) is 2.29. The summed E-state index contributed by atoms with van der Waals surface area (Å²) in [6, 6.07) is 6.57. The molecular weight excluding hydrogens is 357 g/mol. The number of alkyl halides is 3. The van der Waals surface area contributed by atoms with Crippen LogP contribution in [0.2, 0.25) is 0 Å². The fourth-order valence-corrected chi connectivity index (χ4v) is 4.61. The second kappa shape index (κ2) is 7.61. The molecule has 1 fully saturated rings. The molecule has 0 bridgehead atoms. The lowest BCUT2D eigenvalue weighted by Gasteiger charge is -2.29. The normalized spacial score (nSPS) is 24.0. The molecule has 0 aromatic heterocycles. The van der Waals surface area contributed by atoms with Crippen LogP contribution in [0.5, 0.6) is 0 Å². The van der Waals surface area contributed by atoms with Crippen molar-refractivity contribution in [3.8, 4) is 0 Å². The maximum atomic E-state index is 13.3. The Morgan fingerprint density at radius 2 is 1.88 bits per heavy atom. The van der Waals surface area contributed by atoms with E-state index in [4.69, 9.17) is 0 Å². The lowest BCUT2D eigenvalue weighted by molar-refractivity contribution is -0.215. The maximum absolute atomic E-state index is 13.3. The zero-order valence-electron chi connectivity index (χ0n) is 14.1. The predicted molar refractivity (Wildman–Crippen MR) is 87.2 cm³/mol. The summed E-state index contributed by atoms with van der Waals surface area (Å²) in [5, 5.41) is 10.1. The molecule has 25 heavy (non-hydrogen) atoms. The molecule has 3 atom stereocenters. The quantitative estimate of drug-likeness (QED) is 0.770. The highest BCUT2D eigenvalue weighted by Gasteiger charge is 2.47. The maximum Gasteiger partial charge on any atom is 0.473 e. The number of halogens is 3. The Hall–Kier alpha value is -1.16. The minimum atomic E-state index is -5.11. The summed E-state index contributed by atoms with van der Waals surface area (Å²) < 4.78 is 64.1. The topological polar surface area (TPSA) is 60.9 Å². The van der Waals surface area contributed by atoms with Crippen molar-refractivity contribution in [2.45, 2.75) is 43.6 Å². The van der Waals surface area contributed by atoms with Gasteiger partial charge in [-0.2, -0.15) is 13.2 Å². The first-order chi connectivity index (χ1) is 11.5. The highest BCUT2D eigenvalue weighted by Crippen LogP contribution is 2.29. The summed E-state index contributed by atoms with van der Waals surface area (Å²) in [6.45, 7) is 3.62. The van der Waals surface area contributed by atoms with Crippen LogP contribution < -0.4 is 0 Å². The van der Waals surface area contributed by atoms with Gasteiger partial charge in [0.25, 0.3) is 0 Å². The molecule has 5 nitrogen and oxygen atoms in total. The standard InChI is InChI=1S/C16H23F3N2O3S/c1-12-8-13(2)20(9-12)10-14(22)11-21(16(17,18)19)25(23,24)15-6-4-3-5-7-15/h3-7,12-14,22H,8-11H2,1-2H3/t12?,13?,14-/m1/s1. The number of hydrogen-bond acceptors (Lipinski definition) is 4. The van der Waals surface area contributed by atoms with Crippen LogP contribution in [0.25, 0.3) is 0 Å². The van der Waals surface area contributed by atoms with Crippen molar-refractivity contribution in [1.29, 1.82) is 0 Å². The van der Waals surface area contributed by atoms with Crippen LogP contribution in [0.1, 0.15) is 20.3 Å². The Bertz CT molecular complexity index is 667. The third kappa shape index (κ3) is 4.93. The lowest BCUT2D eigenvalue weighted by atomic mass is 10.1. The van der Waals surface area contributed by atoms with Crippen LogP contribution in [0, 0.1) is 5.92 Å². The van der Waals surface area contributed by atoms with Crippen LogP contribution in [0.4, 0.5) is 13.2 Å². The Balaban J connectivity index is 2.16. The molecule has 1 aliphatic rings. The van der Waals surface area contributed by atoms with Gasteiger partial charge in [-0.25, -0.2) is 8.42 Å². The van der Waals surface area contributed by atoms with Crippen molar-refractivity contribution in [1.82, 2.24) is 9.21 Å². The average molecular weight is 380 g/mol. The third-order valence-corrected chi connectivity index (χ3v) is 6.15. The molecule has 2 rings (SSSR count). The number of sulfonamides is 1. The lowest BCUT2D eigenvalue weighted by Crippen LogP contribution is -2.49. The van der Waals surface area contributed by atoms with Crippen molar-refractivity contribution in [3.63, 3.8) is 0 Å². The molecule has 1 aromatic carbocycles. The molecule has 1 aromatic rings. The highest BCUT2D eigenvalue weighted by atomic mass is 32.2. The number of aliphatic hydroxyl groups is 1. The molecule has 1 aliphatic heterocycles. The average Bonchev–Trinajstić information content (AvgIpc) is 2.82. The molecule has 0 aliphatic carbocycles. The van der Waals surface area contributed by atoms with Crippen LogP contribution in [-0.4, -0.2) is 60.8 Å². The van der Waals surface area contributed by atoms with E-state index in [2.05, 4.69) is 0 Å². The van der Waals surface area contributed by atoms with E-state index >= 15 is 0 Å². The summed E-state index contributed by atoms with van der Waals surface area (Å²) in [7, 11) is -4.78. The van der Waals surface area contributed by atoms with Gasteiger partial charge in [0, 0.05) is 25.7 Å². The van der Waals surface area contributed by atoms with E-state index in [1.165, 1.54) is 18.2 Å². The van der Waals surface area contributed by atoms with Gasteiger partial charge in [0.1, 0.15) is 0 Å². The fourth-order valence-electron chi connectivity index (χ4n) is 3.22. The van der Waals surface area contributed by atoms with Gasteiger partial charge >= 0.3 is 6.30 Å². The first kappa shape index (κ1) is 20.2. The Labute approximate surface area is 146 Å². The summed E-state index contributed by atoms with van der Waals surface area (Å²) in [6.07, 6.45) is -5.65. The number of benzene rings is 1. The van der Waals surface area contributed by atoms with Gasteiger partial charge in [0.2, 0.25) is 10.0 Å². The number of rotatable bonds is 6. The number of nitrogens with zero attached hydrogens (tertiary/aromatic N) is 2. The van der Waals surface area contributed by atoms with E-state index < -0.39 is 38.2 Å². The molecule has 0 radical (unpaired) electrons. The SMILES string of the molecule is CC1CC(C)N(C[C@@H](O)CN(C(F)(F)F)S(=O)(=O)c2ccccc2)C1. The van der Waals surface area contributed by atoms with Gasteiger partial charge in [-0.3, -0.25) is 4.90 Å². The third-order valence-electron chi connectivity index (χ3n) is 4.35. The number of β-amino-alcohol motifs (C(OH)–C–C–N with tert-alkyl or cyclic N) is 1. The van der Waals surface area contributed by atoms with E-state index in [0.717, 1.165) is 18.6 Å². The molecule has 0 spiro atoms. The second-order valence-electron chi connectivity index (χ2n) is 6.61. The largest absolute Gasteiger partial charge is 0.473 e. The van der Waals surface area contributed by atoms with Crippen molar-refractivity contribution >= 4 is 10.0 Å². The number of hydrogen-bond donors (Lipinski definition) is 1. The molecule has 0 amide bonds.